The van der Waals surface area contributed by atoms with Gasteiger partial charge in [-0.2, -0.15) is 0 Å². The molecule has 2 aromatic rings. The molecule has 0 spiro atoms. The van der Waals surface area contributed by atoms with Gasteiger partial charge in [0.15, 0.2) is 0 Å². The predicted molar refractivity (Wildman–Crippen MR) is 84.7 cm³/mol. The fraction of sp³-hybridized carbons (Fsp3) is 0.0667. The van der Waals surface area contributed by atoms with E-state index >= 15 is 0 Å². The van der Waals surface area contributed by atoms with E-state index in [0.717, 1.165) is 21.3 Å². The Morgan fingerprint density at radius 1 is 1.06 bits per heavy atom. The lowest BCUT2D eigenvalue weighted by atomic mass is 10.0. The molecule has 2 aromatic carbocycles. The summed E-state index contributed by atoms with van der Waals surface area (Å²) in [6.07, 6.45) is 0. The van der Waals surface area contributed by atoms with Gasteiger partial charge in [-0.15, -0.1) is 0 Å². The summed E-state index contributed by atoms with van der Waals surface area (Å²) in [5.74, 6) is 0. The van der Waals surface area contributed by atoms with Crippen LogP contribution in [0.4, 0.5) is 0 Å². The lowest BCUT2D eigenvalue weighted by Crippen LogP contribution is -2.04. The monoisotopic (exact) mass is 317 g/mol. The molecule has 18 heavy (non-hydrogen) atoms. The second-order valence-electron chi connectivity index (χ2n) is 3.73. The third-order valence-electron chi connectivity index (χ3n) is 2.47. The van der Waals surface area contributed by atoms with Gasteiger partial charge in [0.25, 0.3) is 0 Å². The molecule has 0 aliphatic heterocycles. The van der Waals surface area contributed by atoms with Crippen LogP contribution in [0.1, 0.15) is 11.1 Å². The van der Waals surface area contributed by atoms with Crippen molar-refractivity contribution in [3.63, 3.8) is 0 Å². The van der Waals surface area contributed by atoms with E-state index in [4.69, 9.17) is 12.2 Å². The van der Waals surface area contributed by atoms with Gasteiger partial charge < -0.3 is 0 Å². The summed E-state index contributed by atoms with van der Waals surface area (Å²) >= 11 is 8.34. The van der Waals surface area contributed by atoms with Gasteiger partial charge in [-0.3, -0.25) is 4.99 Å². The Labute approximate surface area is 121 Å². The van der Waals surface area contributed by atoms with Crippen molar-refractivity contribution in [1.82, 2.24) is 0 Å². The van der Waals surface area contributed by atoms with Crippen molar-refractivity contribution >= 4 is 39.2 Å². The molecule has 0 heterocycles. The minimum absolute atomic E-state index is 0.548. The number of thiocarbonyl (C=S) groups is 1. The maximum atomic E-state index is 4.85. The molecule has 0 amide bonds. The molecular formula is C15H12BrNS. The summed E-state index contributed by atoms with van der Waals surface area (Å²) in [5, 5.41) is 1.64. The van der Waals surface area contributed by atoms with Gasteiger partial charge in [-0.1, -0.05) is 70.6 Å². The molecule has 0 saturated heterocycles. The maximum Gasteiger partial charge on any atom is 0.0723 e. The van der Waals surface area contributed by atoms with E-state index in [-0.39, 0.29) is 0 Å². The Kier molecular flexibility index (Phi) is 4.79. The van der Waals surface area contributed by atoms with Gasteiger partial charge in [-0.05, 0) is 12.1 Å². The van der Waals surface area contributed by atoms with Gasteiger partial charge in [0.05, 0.1) is 12.3 Å². The van der Waals surface area contributed by atoms with E-state index in [1.54, 1.807) is 5.37 Å². The zero-order chi connectivity index (χ0) is 12.8. The standard InChI is InChI=1S/C15H12BrNS/c16-14-8-4-7-13(11-14)15(17-9-10-18)12-5-2-1-3-6-12/h1-8,10-11H,9H2. The van der Waals surface area contributed by atoms with Crippen molar-refractivity contribution in [2.45, 2.75) is 0 Å². The fourth-order valence-corrected chi connectivity index (χ4v) is 2.18. The Balaban J connectivity index is 2.47. The molecule has 90 valence electrons. The van der Waals surface area contributed by atoms with E-state index in [9.17, 15) is 0 Å². The van der Waals surface area contributed by atoms with Gasteiger partial charge in [0.1, 0.15) is 0 Å². The molecule has 0 atom stereocenters. The molecule has 0 aromatic heterocycles. The number of hydrogen-bond donors (Lipinski definition) is 0. The van der Waals surface area contributed by atoms with Crippen LogP contribution in [0.3, 0.4) is 0 Å². The van der Waals surface area contributed by atoms with Crippen LogP contribution in [-0.4, -0.2) is 17.6 Å². The Bertz CT molecular complexity index is 564. The minimum atomic E-state index is 0.548. The number of halogens is 1. The highest BCUT2D eigenvalue weighted by Crippen LogP contribution is 2.16. The Morgan fingerprint density at radius 2 is 1.78 bits per heavy atom. The molecule has 1 nitrogen and oxygen atoms in total. The summed E-state index contributed by atoms with van der Waals surface area (Å²) in [6.45, 7) is 0.548. The molecule has 0 radical (unpaired) electrons. The van der Waals surface area contributed by atoms with Crippen molar-refractivity contribution in [3.8, 4) is 0 Å². The topological polar surface area (TPSA) is 12.4 Å². The molecule has 0 unspecified atom stereocenters. The molecular weight excluding hydrogens is 306 g/mol. The second kappa shape index (κ2) is 6.57. The third kappa shape index (κ3) is 3.34. The Morgan fingerprint density at radius 3 is 2.44 bits per heavy atom. The van der Waals surface area contributed by atoms with Crippen molar-refractivity contribution in [1.29, 1.82) is 0 Å². The fourth-order valence-electron chi connectivity index (χ4n) is 1.71. The zero-order valence-corrected chi connectivity index (χ0v) is 12.1. The van der Waals surface area contributed by atoms with Crippen LogP contribution in [0.2, 0.25) is 0 Å². The second-order valence-corrected chi connectivity index (χ2v) is 4.98. The number of benzene rings is 2. The lowest BCUT2D eigenvalue weighted by molar-refractivity contribution is 1.33. The van der Waals surface area contributed by atoms with Gasteiger partial charge in [0.2, 0.25) is 0 Å². The third-order valence-corrected chi connectivity index (χ3v) is 3.11. The number of aliphatic imine (C=N–C) groups is 1. The molecule has 3 heteroatoms. The first-order valence-electron chi connectivity index (χ1n) is 5.60. The van der Waals surface area contributed by atoms with Gasteiger partial charge >= 0.3 is 0 Å². The maximum absolute atomic E-state index is 4.85. The number of hydrogen-bond acceptors (Lipinski definition) is 2. The largest absolute Gasteiger partial charge is 0.279 e. The van der Waals surface area contributed by atoms with E-state index < -0.39 is 0 Å². The summed E-state index contributed by atoms with van der Waals surface area (Å²) in [4.78, 5) is 4.56. The average Bonchev–Trinajstić information content (AvgIpc) is 2.40. The first-order valence-corrected chi connectivity index (χ1v) is 6.87. The van der Waals surface area contributed by atoms with E-state index in [0.29, 0.717) is 6.54 Å². The van der Waals surface area contributed by atoms with Crippen LogP contribution >= 0.6 is 28.1 Å². The SMILES string of the molecule is S=CCN=C(c1ccccc1)c1cccc(Br)c1. The normalized spacial score (nSPS) is 11.3. The van der Waals surface area contributed by atoms with Crippen molar-refractivity contribution < 1.29 is 0 Å². The molecule has 0 aliphatic rings. The van der Waals surface area contributed by atoms with Crippen molar-refractivity contribution in [2.24, 2.45) is 4.99 Å². The summed E-state index contributed by atoms with van der Waals surface area (Å²) < 4.78 is 1.05. The van der Waals surface area contributed by atoms with Gasteiger partial charge in [0, 0.05) is 21.0 Å². The van der Waals surface area contributed by atoms with E-state index in [2.05, 4.69) is 45.2 Å². The van der Waals surface area contributed by atoms with Crippen LogP contribution in [-0.2, 0) is 0 Å². The van der Waals surface area contributed by atoms with Crippen LogP contribution < -0.4 is 0 Å². The molecule has 0 aliphatic carbocycles. The van der Waals surface area contributed by atoms with Crippen molar-refractivity contribution in [3.05, 3.63) is 70.2 Å². The van der Waals surface area contributed by atoms with Crippen LogP contribution in [0, 0.1) is 0 Å². The predicted octanol–water partition coefficient (Wildman–Crippen LogP) is 4.29. The van der Waals surface area contributed by atoms with E-state index in [1.165, 1.54) is 0 Å². The first kappa shape index (κ1) is 13.1. The Hall–Kier alpha value is -1.32. The molecule has 0 saturated carbocycles. The minimum Gasteiger partial charge on any atom is -0.279 e. The van der Waals surface area contributed by atoms with Crippen molar-refractivity contribution in [2.75, 3.05) is 6.54 Å². The summed E-state index contributed by atoms with van der Waals surface area (Å²) in [6, 6.07) is 18.3. The highest BCUT2D eigenvalue weighted by atomic mass is 79.9. The van der Waals surface area contributed by atoms with Crippen LogP contribution in [0.25, 0.3) is 0 Å². The molecule has 2 rings (SSSR count). The number of rotatable bonds is 4. The van der Waals surface area contributed by atoms with Crippen LogP contribution in [0.5, 0.6) is 0 Å². The zero-order valence-electron chi connectivity index (χ0n) is 9.71. The highest BCUT2D eigenvalue weighted by Gasteiger charge is 2.06. The quantitative estimate of drug-likeness (QED) is 0.605. The van der Waals surface area contributed by atoms with Crippen LogP contribution in [0.15, 0.2) is 64.1 Å². The molecule has 0 N–H and O–H groups in total. The molecule has 0 fully saturated rings. The number of nitrogens with zero attached hydrogens (tertiary/aromatic N) is 1. The lowest BCUT2D eigenvalue weighted by Gasteiger charge is -2.07. The van der Waals surface area contributed by atoms with Gasteiger partial charge in [-0.25, -0.2) is 0 Å². The molecule has 0 bridgehead atoms. The first-order chi connectivity index (χ1) is 8.81. The summed E-state index contributed by atoms with van der Waals surface area (Å²) in [5.41, 5.74) is 3.16. The smallest absolute Gasteiger partial charge is 0.0723 e. The van der Waals surface area contributed by atoms with E-state index in [1.807, 2.05) is 30.3 Å². The highest BCUT2D eigenvalue weighted by molar-refractivity contribution is 9.10. The summed E-state index contributed by atoms with van der Waals surface area (Å²) in [7, 11) is 0. The average molecular weight is 318 g/mol.